The first kappa shape index (κ1) is 12.6. The van der Waals surface area contributed by atoms with E-state index in [2.05, 4.69) is 0 Å². The van der Waals surface area contributed by atoms with Gasteiger partial charge in [-0.15, -0.1) is 0 Å². The Morgan fingerprint density at radius 2 is 2.00 bits per heavy atom. The van der Waals surface area contributed by atoms with Crippen molar-refractivity contribution < 1.29 is 14.1 Å². The molecule has 0 aromatic heterocycles. The maximum Gasteiger partial charge on any atom is 0.307 e. The Morgan fingerprint density at radius 1 is 1.46 bits per heavy atom. The summed E-state index contributed by atoms with van der Waals surface area (Å²) in [4.78, 5) is 10.6. The molecule has 0 amide bonds. The minimum absolute atomic E-state index is 0.246. The number of carboxylic acids is 1. The first-order chi connectivity index (χ1) is 6.00. The van der Waals surface area contributed by atoms with Crippen molar-refractivity contribution in [3.63, 3.8) is 0 Å². The van der Waals surface area contributed by atoms with Gasteiger partial charge in [-0.2, -0.15) is 0 Å². The zero-order valence-corrected chi connectivity index (χ0v) is 9.26. The molecule has 0 saturated heterocycles. The molecule has 0 saturated carbocycles. The summed E-state index contributed by atoms with van der Waals surface area (Å²) in [7, 11) is -0.996. The summed E-state index contributed by atoms with van der Waals surface area (Å²) in [5.74, 6) is -0.759. The van der Waals surface area contributed by atoms with E-state index in [0.717, 1.165) is 12.8 Å². The Bertz CT molecular complexity index is 191. The van der Waals surface area contributed by atoms with Gasteiger partial charge < -0.3 is 5.11 Å². The zero-order valence-electron chi connectivity index (χ0n) is 8.45. The fourth-order valence-electron chi connectivity index (χ4n) is 0.901. The fourth-order valence-corrected chi connectivity index (χ4v) is 2.42. The molecule has 0 radical (unpaired) electrons. The van der Waals surface area contributed by atoms with E-state index in [9.17, 15) is 9.00 Å². The molecule has 3 atom stereocenters. The highest BCUT2D eigenvalue weighted by atomic mass is 32.2. The van der Waals surface area contributed by atoms with Crippen LogP contribution < -0.4 is 0 Å². The van der Waals surface area contributed by atoms with Crippen LogP contribution in [0.2, 0.25) is 0 Å². The lowest BCUT2D eigenvalue weighted by Crippen LogP contribution is -2.28. The van der Waals surface area contributed by atoms with E-state index in [1.807, 2.05) is 6.92 Å². The van der Waals surface area contributed by atoms with Gasteiger partial charge in [-0.3, -0.25) is 9.00 Å². The van der Waals surface area contributed by atoms with Gasteiger partial charge in [0.05, 0.1) is 5.92 Å². The standard InChI is InChI=1S/C9H18O3S/c1-4-5-6-13(12)8(3)7(2)9(10)11/h7-8H,4-6H2,1-3H3,(H,10,11). The van der Waals surface area contributed by atoms with Crippen LogP contribution in [0.3, 0.4) is 0 Å². The molecule has 0 heterocycles. The molecule has 0 rings (SSSR count). The van der Waals surface area contributed by atoms with Crippen LogP contribution in [0.1, 0.15) is 33.6 Å². The third-order valence-electron chi connectivity index (χ3n) is 2.21. The van der Waals surface area contributed by atoms with Gasteiger partial charge in [0, 0.05) is 21.8 Å². The fraction of sp³-hybridized carbons (Fsp3) is 0.889. The van der Waals surface area contributed by atoms with E-state index < -0.39 is 22.7 Å². The zero-order chi connectivity index (χ0) is 10.4. The van der Waals surface area contributed by atoms with Gasteiger partial charge >= 0.3 is 5.97 Å². The third-order valence-corrected chi connectivity index (χ3v) is 4.14. The molecule has 4 heteroatoms. The van der Waals surface area contributed by atoms with E-state index in [0.29, 0.717) is 5.75 Å². The first-order valence-corrected chi connectivity index (χ1v) is 5.98. The van der Waals surface area contributed by atoms with Crippen LogP contribution in [0.4, 0.5) is 0 Å². The molecule has 3 unspecified atom stereocenters. The molecule has 78 valence electrons. The molecule has 13 heavy (non-hydrogen) atoms. The summed E-state index contributed by atoms with van der Waals surface area (Å²) < 4.78 is 11.5. The van der Waals surface area contributed by atoms with Crippen molar-refractivity contribution in [2.24, 2.45) is 5.92 Å². The summed E-state index contributed by atoms with van der Waals surface area (Å²) in [6.07, 6.45) is 1.91. The predicted molar refractivity (Wildman–Crippen MR) is 54.2 cm³/mol. The number of carbonyl (C=O) groups is 1. The van der Waals surface area contributed by atoms with Gasteiger partial charge in [-0.25, -0.2) is 0 Å². The molecule has 0 bridgehead atoms. The van der Waals surface area contributed by atoms with Crippen molar-refractivity contribution in [3.8, 4) is 0 Å². The SMILES string of the molecule is CCCCS(=O)C(C)C(C)C(=O)O. The van der Waals surface area contributed by atoms with Crippen LogP contribution in [0.5, 0.6) is 0 Å². The summed E-state index contributed by atoms with van der Waals surface area (Å²) in [6, 6.07) is 0. The van der Waals surface area contributed by atoms with Crippen molar-refractivity contribution in [1.29, 1.82) is 0 Å². The Balaban J connectivity index is 4.01. The van der Waals surface area contributed by atoms with Crippen LogP contribution in [-0.2, 0) is 15.6 Å². The lowest BCUT2D eigenvalue weighted by molar-refractivity contribution is -0.141. The van der Waals surface area contributed by atoms with Crippen molar-refractivity contribution in [2.45, 2.75) is 38.9 Å². The van der Waals surface area contributed by atoms with Crippen LogP contribution >= 0.6 is 0 Å². The molecular weight excluding hydrogens is 188 g/mol. The summed E-state index contributed by atoms with van der Waals surface area (Å²) in [5.41, 5.74) is 0. The third kappa shape index (κ3) is 4.41. The number of aliphatic carboxylic acids is 1. The number of unbranched alkanes of at least 4 members (excludes halogenated alkanes) is 1. The molecule has 0 spiro atoms. The summed E-state index contributed by atoms with van der Waals surface area (Å²) in [5, 5.41) is 8.45. The molecule has 0 aliphatic carbocycles. The smallest absolute Gasteiger partial charge is 0.307 e. The average molecular weight is 206 g/mol. The Morgan fingerprint density at radius 3 is 2.38 bits per heavy atom. The Hall–Kier alpha value is -0.380. The summed E-state index contributed by atoms with van der Waals surface area (Å²) >= 11 is 0. The van der Waals surface area contributed by atoms with Crippen molar-refractivity contribution in [3.05, 3.63) is 0 Å². The topological polar surface area (TPSA) is 54.4 Å². The molecular formula is C9H18O3S. The van der Waals surface area contributed by atoms with Crippen molar-refractivity contribution in [1.82, 2.24) is 0 Å². The Kier molecular flexibility index (Phi) is 5.95. The van der Waals surface area contributed by atoms with Gasteiger partial charge in [-0.05, 0) is 13.3 Å². The molecule has 3 nitrogen and oxygen atoms in total. The normalized spacial score (nSPS) is 17.8. The van der Waals surface area contributed by atoms with Gasteiger partial charge in [0.2, 0.25) is 0 Å². The molecule has 0 aliphatic rings. The highest BCUT2D eigenvalue weighted by Gasteiger charge is 2.23. The number of rotatable bonds is 6. The second kappa shape index (κ2) is 6.13. The minimum Gasteiger partial charge on any atom is -0.481 e. The number of hydrogen-bond acceptors (Lipinski definition) is 2. The highest BCUT2D eigenvalue weighted by molar-refractivity contribution is 7.85. The average Bonchev–Trinajstić information content (AvgIpc) is 2.11. The Labute approximate surface area is 82.0 Å². The number of hydrogen-bond donors (Lipinski definition) is 1. The number of carboxylic acid groups (broad SMARTS) is 1. The first-order valence-electron chi connectivity index (χ1n) is 4.60. The maximum atomic E-state index is 11.5. The van der Waals surface area contributed by atoms with Gasteiger partial charge in [-0.1, -0.05) is 20.3 Å². The van der Waals surface area contributed by atoms with Crippen molar-refractivity contribution >= 4 is 16.8 Å². The second-order valence-electron chi connectivity index (χ2n) is 3.27. The van der Waals surface area contributed by atoms with Crippen LogP contribution in [0.15, 0.2) is 0 Å². The van der Waals surface area contributed by atoms with E-state index >= 15 is 0 Å². The molecule has 0 aliphatic heterocycles. The highest BCUT2D eigenvalue weighted by Crippen LogP contribution is 2.11. The molecule has 0 fully saturated rings. The van der Waals surface area contributed by atoms with E-state index in [4.69, 9.17) is 5.11 Å². The maximum absolute atomic E-state index is 11.5. The molecule has 1 N–H and O–H groups in total. The van der Waals surface area contributed by atoms with Crippen molar-refractivity contribution in [2.75, 3.05) is 5.75 Å². The lowest BCUT2D eigenvalue weighted by Gasteiger charge is -2.14. The van der Waals surface area contributed by atoms with E-state index in [-0.39, 0.29) is 5.25 Å². The van der Waals surface area contributed by atoms with Crippen LogP contribution in [0.25, 0.3) is 0 Å². The van der Waals surface area contributed by atoms with Gasteiger partial charge in [0.1, 0.15) is 0 Å². The lowest BCUT2D eigenvalue weighted by atomic mass is 10.1. The predicted octanol–water partition coefficient (Wildman–Crippen LogP) is 1.64. The van der Waals surface area contributed by atoms with E-state index in [1.54, 1.807) is 13.8 Å². The van der Waals surface area contributed by atoms with E-state index in [1.165, 1.54) is 0 Å². The minimum atomic E-state index is -0.996. The van der Waals surface area contributed by atoms with Gasteiger partial charge in [0.15, 0.2) is 0 Å². The molecule has 0 aromatic carbocycles. The quantitative estimate of drug-likeness (QED) is 0.719. The summed E-state index contributed by atoms with van der Waals surface area (Å²) in [6.45, 7) is 5.38. The van der Waals surface area contributed by atoms with Gasteiger partial charge in [0.25, 0.3) is 0 Å². The van der Waals surface area contributed by atoms with Crippen LogP contribution in [0, 0.1) is 5.92 Å². The monoisotopic (exact) mass is 206 g/mol. The second-order valence-corrected chi connectivity index (χ2v) is 5.18. The van der Waals surface area contributed by atoms with Crippen LogP contribution in [-0.4, -0.2) is 26.3 Å². The largest absolute Gasteiger partial charge is 0.481 e. The molecule has 0 aromatic rings.